The van der Waals surface area contributed by atoms with Crippen molar-refractivity contribution in [1.82, 2.24) is 5.32 Å². The van der Waals surface area contributed by atoms with Gasteiger partial charge in [-0.1, -0.05) is 6.07 Å². The summed E-state index contributed by atoms with van der Waals surface area (Å²) in [5.41, 5.74) is 2.98. The van der Waals surface area contributed by atoms with E-state index in [2.05, 4.69) is 5.32 Å². The Morgan fingerprint density at radius 2 is 1.94 bits per heavy atom. The van der Waals surface area contributed by atoms with Crippen molar-refractivity contribution in [2.75, 3.05) is 7.11 Å². The molecule has 2 rings (SSSR count). The minimum Gasteiger partial charge on any atom is -0.496 e. The lowest BCUT2D eigenvalue weighted by atomic mass is 10.0. The number of hydrogen-bond donors (Lipinski definition) is 1. The Bertz CT molecular complexity index is 564. The van der Waals surface area contributed by atoms with Crippen LogP contribution in [-0.4, -0.2) is 18.3 Å². The van der Waals surface area contributed by atoms with Gasteiger partial charge in [-0.25, -0.2) is 0 Å². The first-order valence-corrected chi connectivity index (χ1v) is 6.23. The van der Waals surface area contributed by atoms with Gasteiger partial charge in [0.2, 0.25) is 0 Å². The summed E-state index contributed by atoms with van der Waals surface area (Å²) in [4.78, 5) is 23.0. The zero-order chi connectivity index (χ0) is 13.3. The molecule has 1 fully saturated rings. The molecule has 4 nitrogen and oxygen atoms in total. The van der Waals surface area contributed by atoms with Crippen molar-refractivity contribution in [3.8, 4) is 5.75 Å². The van der Waals surface area contributed by atoms with Gasteiger partial charge in [0.05, 0.1) is 12.0 Å². The number of nitrogens with one attached hydrogen (secondary N) is 1. The predicted octanol–water partition coefficient (Wildman–Crippen LogP) is 2.64. The van der Waals surface area contributed by atoms with Crippen molar-refractivity contribution in [3.63, 3.8) is 0 Å². The summed E-state index contributed by atoms with van der Waals surface area (Å²) < 4.78 is 5.23. The summed E-state index contributed by atoms with van der Waals surface area (Å²) in [5.74, 6) is 0.479. The summed E-state index contributed by atoms with van der Waals surface area (Å²) >= 11 is 0.923. The van der Waals surface area contributed by atoms with Crippen molar-refractivity contribution < 1.29 is 14.3 Å². The van der Waals surface area contributed by atoms with Crippen LogP contribution in [0.4, 0.5) is 4.79 Å². The smallest absolute Gasteiger partial charge is 0.290 e. The zero-order valence-corrected chi connectivity index (χ0v) is 11.2. The van der Waals surface area contributed by atoms with Crippen LogP contribution in [0.2, 0.25) is 0 Å². The minimum absolute atomic E-state index is 0.325. The molecule has 0 aliphatic carbocycles. The van der Waals surface area contributed by atoms with Gasteiger partial charge in [-0.15, -0.1) is 0 Å². The molecular weight excluding hydrogens is 250 g/mol. The predicted molar refractivity (Wildman–Crippen MR) is 71.6 cm³/mol. The van der Waals surface area contributed by atoms with E-state index < -0.39 is 0 Å². The lowest BCUT2D eigenvalue weighted by Crippen LogP contribution is -2.17. The van der Waals surface area contributed by atoms with E-state index >= 15 is 0 Å². The van der Waals surface area contributed by atoms with Crippen LogP contribution in [0.15, 0.2) is 17.0 Å². The first-order valence-electron chi connectivity index (χ1n) is 5.42. The second-order valence-electron chi connectivity index (χ2n) is 3.96. The first-order chi connectivity index (χ1) is 8.52. The highest BCUT2D eigenvalue weighted by atomic mass is 32.2. The zero-order valence-electron chi connectivity index (χ0n) is 10.4. The maximum Gasteiger partial charge on any atom is 0.290 e. The summed E-state index contributed by atoms with van der Waals surface area (Å²) in [6, 6.07) is 3.73. The van der Waals surface area contributed by atoms with E-state index in [1.165, 1.54) is 0 Å². The molecule has 1 N–H and O–H groups in total. The van der Waals surface area contributed by atoms with Crippen molar-refractivity contribution in [2.24, 2.45) is 0 Å². The second kappa shape index (κ2) is 4.86. The number of carbonyl (C=O) groups is 2. The van der Waals surface area contributed by atoms with E-state index in [9.17, 15) is 9.59 Å². The van der Waals surface area contributed by atoms with Gasteiger partial charge in [0, 0.05) is 0 Å². The van der Waals surface area contributed by atoms with Crippen molar-refractivity contribution in [2.45, 2.75) is 13.8 Å². The number of imide groups is 1. The molecule has 1 aromatic carbocycles. The summed E-state index contributed by atoms with van der Waals surface area (Å²) in [5, 5.41) is 1.91. The number of carbonyl (C=O) groups excluding carboxylic acids is 2. The van der Waals surface area contributed by atoms with E-state index in [1.54, 1.807) is 13.2 Å². The number of ether oxygens (including phenoxy) is 1. The van der Waals surface area contributed by atoms with E-state index in [0.717, 1.165) is 34.2 Å². The highest BCUT2D eigenvalue weighted by Gasteiger charge is 2.25. The van der Waals surface area contributed by atoms with Gasteiger partial charge >= 0.3 is 0 Å². The van der Waals surface area contributed by atoms with Crippen LogP contribution in [0.5, 0.6) is 5.75 Å². The first kappa shape index (κ1) is 12.7. The Kier molecular flexibility index (Phi) is 3.43. The quantitative estimate of drug-likeness (QED) is 0.833. The highest BCUT2D eigenvalue weighted by molar-refractivity contribution is 8.18. The van der Waals surface area contributed by atoms with Crippen LogP contribution in [0.25, 0.3) is 6.08 Å². The van der Waals surface area contributed by atoms with Crippen LogP contribution in [-0.2, 0) is 4.79 Å². The van der Waals surface area contributed by atoms with Gasteiger partial charge < -0.3 is 4.74 Å². The lowest BCUT2D eigenvalue weighted by molar-refractivity contribution is -0.115. The van der Waals surface area contributed by atoms with Crippen LogP contribution in [0.1, 0.15) is 16.7 Å². The van der Waals surface area contributed by atoms with Crippen molar-refractivity contribution in [3.05, 3.63) is 33.7 Å². The Morgan fingerprint density at radius 1 is 1.22 bits per heavy atom. The van der Waals surface area contributed by atoms with E-state index in [0.29, 0.717) is 4.91 Å². The average molecular weight is 263 g/mol. The molecule has 1 aliphatic rings. The van der Waals surface area contributed by atoms with Crippen LogP contribution >= 0.6 is 11.8 Å². The van der Waals surface area contributed by atoms with Gasteiger partial charge in [-0.3, -0.25) is 14.9 Å². The Morgan fingerprint density at radius 3 is 2.50 bits per heavy atom. The topological polar surface area (TPSA) is 55.4 Å². The van der Waals surface area contributed by atoms with Gasteiger partial charge in [0.15, 0.2) is 0 Å². The van der Waals surface area contributed by atoms with Gasteiger partial charge in [-0.2, -0.15) is 0 Å². The van der Waals surface area contributed by atoms with Crippen molar-refractivity contribution >= 4 is 29.0 Å². The Balaban J connectivity index is 2.41. The molecule has 2 amide bonds. The molecule has 0 spiro atoms. The molecule has 1 aliphatic heterocycles. The Labute approximate surface area is 109 Å². The minimum atomic E-state index is -0.335. The molecule has 0 atom stereocenters. The van der Waals surface area contributed by atoms with Crippen LogP contribution < -0.4 is 10.1 Å². The van der Waals surface area contributed by atoms with E-state index in [4.69, 9.17) is 4.74 Å². The molecule has 0 saturated carbocycles. The Hall–Kier alpha value is -1.75. The molecular formula is C13H13NO3S. The molecule has 0 aromatic heterocycles. The number of amides is 2. The number of rotatable bonds is 2. The van der Waals surface area contributed by atoms with Crippen LogP contribution in [0.3, 0.4) is 0 Å². The molecule has 0 unspecified atom stereocenters. The standard InChI is InChI=1S/C13H13NO3S/c1-7-8(2)10(17-3)5-4-9(7)6-11-12(15)14-13(16)18-11/h4-6H,1-3H3,(H,14,15,16). The maximum atomic E-state index is 11.5. The molecule has 1 aromatic rings. The summed E-state index contributed by atoms with van der Waals surface area (Å²) in [7, 11) is 1.62. The molecule has 1 heterocycles. The SMILES string of the molecule is COc1ccc(C=C2SC(=O)NC2=O)c(C)c1C. The van der Waals surface area contributed by atoms with E-state index in [-0.39, 0.29) is 11.1 Å². The van der Waals surface area contributed by atoms with Crippen molar-refractivity contribution in [1.29, 1.82) is 0 Å². The largest absolute Gasteiger partial charge is 0.496 e. The molecule has 0 bridgehead atoms. The van der Waals surface area contributed by atoms with Gasteiger partial charge in [0.1, 0.15) is 5.75 Å². The number of benzene rings is 1. The third kappa shape index (κ3) is 2.26. The normalized spacial score (nSPS) is 17.2. The molecule has 94 valence electrons. The monoisotopic (exact) mass is 263 g/mol. The lowest BCUT2D eigenvalue weighted by Gasteiger charge is -2.10. The highest BCUT2D eigenvalue weighted by Crippen LogP contribution is 2.29. The summed E-state index contributed by atoms with van der Waals surface area (Å²) in [6.07, 6.45) is 1.73. The van der Waals surface area contributed by atoms with Crippen LogP contribution in [0, 0.1) is 13.8 Å². The fourth-order valence-corrected chi connectivity index (χ4v) is 2.43. The fourth-order valence-electron chi connectivity index (χ4n) is 1.76. The summed E-state index contributed by atoms with van der Waals surface area (Å²) in [6.45, 7) is 3.92. The van der Waals surface area contributed by atoms with E-state index in [1.807, 2.05) is 26.0 Å². The second-order valence-corrected chi connectivity index (χ2v) is 4.97. The number of thioether (sulfide) groups is 1. The third-order valence-electron chi connectivity index (χ3n) is 2.93. The average Bonchev–Trinajstić information content (AvgIpc) is 2.64. The molecule has 1 saturated heterocycles. The fraction of sp³-hybridized carbons (Fsp3) is 0.231. The van der Waals surface area contributed by atoms with Gasteiger partial charge in [-0.05, 0) is 54.4 Å². The number of methoxy groups -OCH3 is 1. The molecule has 0 radical (unpaired) electrons. The third-order valence-corrected chi connectivity index (χ3v) is 3.74. The van der Waals surface area contributed by atoms with Gasteiger partial charge in [0.25, 0.3) is 11.1 Å². The number of hydrogen-bond acceptors (Lipinski definition) is 4. The molecule has 18 heavy (non-hydrogen) atoms. The maximum absolute atomic E-state index is 11.5. The molecule has 5 heteroatoms.